The number of nitrogens with zero attached hydrogens (tertiary/aromatic N) is 3. The normalized spacial score (nSPS) is 10.7. The van der Waals surface area contributed by atoms with Crippen molar-refractivity contribution in [3.63, 3.8) is 0 Å². The summed E-state index contributed by atoms with van der Waals surface area (Å²) >= 11 is 7.20. The number of anilines is 1. The molecule has 0 radical (unpaired) electrons. The van der Waals surface area contributed by atoms with Gasteiger partial charge >= 0.3 is 0 Å². The Labute approximate surface area is 185 Å². The number of amides is 1. The first-order chi connectivity index (χ1) is 15.0. The Kier molecular flexibility index (Phi) is 6.06. The quantitative estimate of drug-likeness (QED) is 0.427. The molecule has 4 rings (SSSR count). The van der Waals surface area contributed by atoms with Gasteiger partial charge in [0.1, 0.15) is 0 Å². The van der Waals surface area contributed by atoms with Crippen LogP contribution in [0.3, 0.4) is 0 Å². The molecule has 0 atom stereocenters. The molecule has 31 heavy (non-hydrogen) atoms. The van der Waals surface area contributed by atoms with Crippen molar-refractivity contribution in [1.29, 1.82) is 0 Å². The number of benzene rings is 2. The molecule has 156 valence electrons. The van der Waals surface area contributed by atoms with Crippen molar-refractivity contribution in [2.45, 2.75) is 5.16 Å². The Hall–Kier alpha value is -3.56. The third kappa shape index (κ3) is 4.79. The van der Waals surface area contributed by atoms with Crippen molar-refractivity contribution in [2.24, 2.45) is 0 Å². The number of aromatic nitrogens is 3. The van der Waals surface area contributed by atoms with E-state index in [1.807, 2.05) is 12.1 Å². The largest absolute Gasteiger partial charge is 0.545 e. The van der Waals surface area contributed by atoms with Crippen molar-refractivity contribution < 1.29 is 19.1 Å². The van der Waals surface area contributed by atoms with Crippen LogP contribution < -0.4 is 10.4 Å². The van der Waals surface area contributed by atoms with Gasteiger partial charge in [-0.05, 0) is 54.1 Å². The van der Waals surface area contributed by atoms with Gasteiger partial charge in [0.15, 0.2) is 10.9 Å². The predicted molar refractivity (Wildman–Crippen MR) is 114 cm³/mol. The Morgan fingerprint density at radius 3 is 2.45 bits per heavy atom. The van der Waals surface area contributed by atoms with Crippen LogP contribution in [0.2, 0.25) is 5.02 Å². The molecule has 0 saturated heterocycles. The summed E-state index contributed by atoms with van der Waals surface area (Å²) in [7, 11) is 0. The Bertz CT molecular complexity index is 1210. The second kappa shape index (κ2) is 9.07. The fourth-order valence-corrected chi connectivity index (χ4v) is 3.65. The number of aromatic carboxylic acids is 1. The second-order valence-electron chi connectivity index (χ2n) is 6.30. The van der Waals surface area contributed by atoms with Gasteiger partial charge < -0.3 is 19.6 Å². The lowest BCUT2D eigenvalue weighted by molar-refractivity contribution is -0.255. The monoisotopic (exact) mass is 453 g/mol. The fraction of sp³-hybridized carbons (Fsp3) is 0.0476. The van der Waals surface area contributed by atoms with E-state index >= 15 is 0 Å². The van der Waals surface area contributed by atoms with Crippen molar-refractivity contribution in [3.05, 3.63) is 77.5 Å². The van der Waals surface area contributed by atoms with Crippen molar-refractivity contribution in [3.8, 4) is 17.3 Å². The third-order valence-corrected chi connectivity index (χ3v) is 5.38. The van der Waals surface area contributed by atoms with Gasteiger partial charge in [-0.3, -0.25) is 9.36 Å². The van der Waals surface area contributed by atoms with Crippen LogP contribution in [0.15, 0.2) is 76.5 Å². The van der Waals surface area contributed by atoms with E-state index in [0.717, 1.165) is 5.69 Å². The standard InChI is InChI=1S/C21H15ClN4O4S/c22-14-5-9-16(10-6-14)26-19(17-2-1-11-30-17)24-25-21(26)31-12-18(27)23-15-7-3-13(4-8-15)20(28)29/h1-11H,12H2,(H,23,27)(H,28,29)/p-1. The maximum absolute atomic E-state index is 12.4. The van der Waals surface area contributed by atoms with Crippen molar-refractivity contribution >= 4 is 40.9 Å². The summed E-state index contributed by atoms with van der Waals surface area (Å²) in [5, 5.41) is 23.0. The summed E-state index contributed by atoms with van der Waals surface area (Å²) in [6.07, 6.45) is 1.54. The van der Waals surface area contributed by atoms with Crippen LogP contribution in [0.5, 0.6) is 0 Å². The predicted octanol–water partition coefficient (Wildman–Crippen LogP) is 3.28. The Balaban J connectivity index is 1.52. The molecule has 0 bridgehead atoms. The maximum Gasteiger partial charge on any atom is 0.234 e. The number of hydrogen-bond donors (Lipinski definition) is 1. The topological polar surface area (TPSA) is 113 Å². The van der Waals surface area contributed by atoms with Crippen LogP contribution in [-0.4, -0.2) is 32.4 Å². The minimum Gasteiger partial charge on any atom is -0.545 e. The van der Waals surface area contributed by atoms with Gasteiger partial charge in [-0.2, -0.15) is 0 Å². The molecule has 2 aromatic heterocycles. The van der Waals surface area contributed by atoms with Crippen LogP contribution in [-0.2, 0) is 4.79 Å². The van der Waals surface area contributed by atoms with Gasteiger partial charge in [-0.1, -0.05) is 35.5 Å². The maximum atomic E-state index is 12.4. The van der Waals surface area contributed by atoms with E-state index in [2.05, 4.69) is 15.5 Å². The zero-order chi connectivity index (χ0) is 21.8. The molecular formula is C21H14ClN4O4S-. The van der Waals surface area contributed by atoms with Gasteiger partial charge in [-0.25, -0.2) is 0 Å². The zero-order valence-electron chi connectivity index (χ0n) is 15.8. The summed E-state index contributed by atoms with van der Waals surface area (Å²) in [5.41, 5.74) is 1.28. The lowest BCUT2D eigenvalue weighted by Gasteiger charge is -2.10. The average molecular weight is 454 g/mol. The van der Waals surface area contributed by atoms with E-state index in [1.165, 1.54) is 36.0 Å². The van der Waals surface area contributed by atoms with Crippen LogP contribution in [0.25, 0.3) is 17.3 Å². The third-order valence-electron chi connectivity index (χ3n) is 4.20. The summed E-state index contributed by atoms with van der Waals surface area (Å²) in [6.45, 7) is 0. The molecule has 8 nitrogen and oxygen atoms in total. The number of furan rings is 1. The molecule has 0 aliphatic carbocycles. The molecule has 2 aromatic carbocycles. The molecule has 0 saturated carbocycles. The van der Waals surface area contributed by atoms with E-state index in [9.17, 15) is 14.7 Å². The number of carboxylic acids is 1. The summed E-state index contributed by atoms with van der Waals surface area (Å²) in [5.74, 6) is -0.467. The van der Waals surface area contributed by atoms with Crippen molar-refractivity contribution in [2.75, 3.05) is 11.1 Å². The number of thioether (sulfide) groups is 1. The molecule has 0 spiro atoms. The van der Waals surface area contributed by atoms with Gasteiger partial charge in [0.05, 0.1) is 18.0 Å². The molecular weight excluding hydrogens is 440 g/mol. The number of carbonyl (C=O) groups is 2. The highest BCUT2D eigenvalue weighted by molar-refractivity contribution is 7.99. The first-order valence-corrected chi connectivity index (χ1v) is 10.4. The van der Waals surface area contributed by atoms with Gasteiger partial charge in [-0.15, -0.1) is 10.2 Å². The van der Waals surface area contributed by atoms with Gasteiger partial charge in [0.25, 0.3) is 0 Å². The number of halogens is 1. The average Bonchev–Trinajstić information content (AvgIpc) is 3.43. The second-order valence-corrected chi connectivity index (χ2v) is 7.68. The fourth-order valence-electron chi connectivity index (χ4n) is 2.77. The van der Waals surface area contributed by atoms with Crippen LogP contribution in [0, 0.1) is 0 Å². The van der Waals surface area contributed by atoms with E-state index < -0.39 is 5.97 Å². The Morgan fingerprint density at radius 2 is 1.81 bits per heavy atom. The van der Waals surface area contributed by atoms with Crippen LogP contribution in [0.1, 0.15) is 10.4 Å². The number of hydrogen-bond acceptors (Lipinski definition) is 7. The minimum atomic E-state index is -1.28. The molecule has 0 aliphatic heterocycles. The molecule has 1 amide bonds. The molecule has 1 N–H and O–H groups in total. The SMILES string of the molecule is O=C(CSc1nnc(-c2ccco2)n1-c1ccc(Cl)cc1)Nc1ccc(C(=O)[O-])cc1. The van der Waals surface area contributed by atoms with Crippen LogP contribution in [0.4, 0.5) is 5.69 Å². The number of nitrogens with one attached hydrogen (secondary N) is 1. The highest BCUT2D eigenvalue weighted by Gasteiger charge is 2.19. The molecule has 0 fully saturated rings. The number of carbonyl (C=O) groups excluding carboxylic acids is 2. The summed E-state index contributed by atoms with van der Waals surface area (Å²) < 4.78 is 7.25. The summed E-state index contributed by atoms with van der Waals surface area (Å²) in [4.78, 5) is 23.2. The van der Waals surface area contributed by atoms with E-state index in [1.54, 1.807) is 35.1 Å². The molecule has 2 heterocycles. The molecule has 4 aromatic rings. The minimum absolute atomic E-state index is 0.0360. The highest BCUT2D eigenvalue weighted by Crippen LogP contribution is 2.29. The number of carboxylic acid groups (broad SMARTS) is 1. The van der Waals surface area contributed by atoms with E-state index in [-0.39, 0.29) is 17.2 Å². The molecule has 10 heteroatoms. The van der Waals surface area contributed by atoms with Crippen LogP contribution >= 0.6 is 23.4 Å². The van der Waals surface area contributed by atoms with Gasteiger partial charge in [0, 0.05) is 16.4 Å². The first kappa shape index (κ1) is 20.7. The van der Waals surface area contributed by atoms with Crippen molar-refractivity contribution in [1.82, 2.24) is 14.8 Å². The van der Waals surface area contributed by atoms with E-state index in [0.29, 0.717) is 27.5 Å². The molecule has 0 aliphatic rings. The Morgan fingerprint density at radius 1 is 1.06 bits per heavy atom. The van der Waals surface area contributed by atoms with Gasteiger partial charge in [0.2, 0.25) is 11.7 Å². The summed E-state index contributed by atoms with van der Waals surface area (Å²) in [6, 6.07) is 16.4. The smallest absolute Gasteiger partial charge is 0.234 e. The highest BCUT2D eigenvalue weighted by atomic mass is 35.5. The van der Waals surface area contributed by atoms with E-state index in [4.69, 9.17) is 16.0 Å². The zero-order valence-corrected chi connectivity index (χ0v) is 17.4. The lowest BCUT2D eigenvalue weighted by atomic mass is 10.2. The first-order valence-electron chi connectivity index (χ1n) is 9.00. The lowest BCUT2D eigenvalue weighted by Crippen LogP contribution is -2.22. The number of rotatable bonds is 7. The molecule has 0 unspecified atom stereocenters.